The average molecular weight is 378 g/mol. The van der Waals surface area contributed by atoms with Crippen molar-refractivity contribution >= 4 is 50.6 Å². The van der Waals surface area contributed by atoms with Crippen LogP contribution in [-0.2, 0) is 0 Å². The van der Waals surface area contributed by atoms with Gasteiger partial charge in [0, 0.05) is 9.13 Å². The molecule has 0 aliphatic carbocycles. The number of alkyl halides is 1. The largest absolute Gasteiger partial charge is 0.298 e. The maximum absolute atomic E-state index is 11.6. The number of carbonyl (C=O) groups is 2. The quantitative estimate of drug-likeness (QED) is 0.352. The van der Waals surface area contributed by atoms with Gasteiger partial charge < -0.3 is 0 Å². The third-order valence-electron chi connectivity index (χ3n) is 1.82. The highest BCUT2D eigenvalue weighted by Crippen LogP contribution is 2.21. The van der Waals surface area contributed by atoms with Crippen LogP contribution in [0.1, 0.15) is 26.3 Å². The molecule has 15 heavy (non-hydrogen) atoms. The van der Waals surface area contributed by atoms with Gasteiger partial charge in [0.25, 0.3) is 0 Å². The predicted octanol–water partition coefficient (Wildman–Crippen LogP) is 2.55. The van der Waals surface area contributed by atoms with Gasteiger partial charge in [-0.1, -0.05) is 15.9 Å². The van der Waals surface area contributed by atoms with Crippen LogP contribution in [-0.4, -0.2) is 17.4 Å². The second-order valence-electron chi connectivity index (χ2n) is 2.68. The Kier molecular flexibility index (Phi) is 4.42. The third kappa shape index (κ3) is 2.44. The summed E-state index contributed by atoms with van der Waals surface area (Å²) in [7, 11) is 0. The molecule has 0 amide bonds. The van der Waals surface area contributed by atoms with E-state index in [1.807, 2.05) is 28.7 Å². The Balaban J connectivity index is 3.51. The number of halogens is 2. The molecular formula is C10H5BrINO2. The maximum Gasteiger partial charge on any atom is 0.175 e. The summed E-state index contributed by atoms with van der Waals surface area (Å²) in [6.07, 6.45) is 0.675. The summed E-state index contributed by atoms with van der Waals surface area (Å²) in [4.78, 5) is 22.2. The van der Waals surface area contributed by atoms with Crippen molar-refractivity contribution < 1.29 is 9.59 Å². The van der Waals surface area contributed by atoms with Crippen LogP contribution in [0.4, 0.5) is 0 Å². The van der Waals surface area contributed by atoms with E-state index in [4.69, 9.17) is 5.26 Å². The number of hydrogen-bond acceptors (Lipinski definition) is 3. The molecule has 0 aromatic heterocycles. The number of nitrogens with zero attached hydrogens (tertiary/aromatic N) is 1. The molecule has 1 rings (SSSR count). The first kappa shape index (κ1) is 12.3. The first-order valence-corrected chi connectivity index (χ1v) is 6.12. The van der Waals surface area contributed by atoms with Gasteiger partial charge in [-0.3, -0.25) is 9.59 Å². The second kappa shape index (κ2) is 5.37. The Labute approximate surface area is 109 Å². The molecule has 0 atom stereocenters. The lowest BCUT2D eigenvalue weighted by Gasteiger charge is -2.05. The van der Waals surface area contributed by atoms with Crippen LogP contribution in [0.2, 0.25) is 0 Å². The number of hydrogen-bond donors (Lipinski definition) is 0. The monoisotopic (exact) mass is 377 g/mol. The van der Waals surface area contributed by atoms with Gasteiger partial charge in [0.2, 0.25) is 0 Å². The molecule has 0 heterocycles. The second-order valence-corrected chi connectivity index (χ2v) is 4.32. The lowest BCUT2D eigenvalue weighted by molar-refractivity contribution is 0.102. The van der Waals surface area contributed by atoms with Gasteiger partial charge in [-0.2, -0.15) is 5.26 Å². The van der Waals surface area contributed by atoms with Crippen molar-refractivity contribution in [2.75, 3.05) is 5.33 Å². The zero-order valence-corrected chi connectivity index (χ0v) is 11.2. The van der Waals surface area contributed by atoms with E-state index < -0.39 is 0 Å². The summed E-state index contributed by atoms with van der Waals surface area (Å²) in [5.41, 5.74) is 1.05. The normalized spacial score (nSPS) is 9.40. The number of nitriles is 1. The van der Waals surface area contributed by atoms with E-state index in [0.29, 0.717) is 26.5 Å². The van der Waals surface area contributed by atoms with Gasteiger partial charge in [0.05, 0.1) is 22.5 Å². The van der Waals surface area contributed by atoms with Crippen molar-refractivity contribution in [3.05, 3.63) is 32.4 Å². The standard InChI is InChI=1S/C10H5BrINO2/c11-3-8(15)9-6(4-13)1-2-7(5-14)10(9)12/h1-2,5H,3H2. The lowest BCUT2D eigenvalue weighted by Crippen LogP contribution is -2.08. The Hall–Kier alpha value is -0.740. The fourth-order valence-electron chi connectivity index (χ4n) is 1.12. The summed E-state index contributed by atoms with van der Waals surface area (Å²) >= 11 is 4.95. The number of Topliss-reactive ketones (excluding diaryl/α,β-unsaturated/α-hetero) is 1. The Morgan fingerprint density at radius 1 is 1.60 bits per heavy atom. The predicted molar refractivity (Wildman–Crippen MR) is 67.4 cm³/mol. The van der Waals surface area contributed by atoms with Crippen molar-refractivity contribution in [1.82, 2.24) is 0 Å². The minimum atomic E-state index is -0.195. The van der Waals surface area contributed by atoms with Crippen molar-refractivity contribution in [2.24, 2.45) is 0 Å². The van der Waals surface area contributed by atoms with Crippen molar-refractivity contribution in [2.45, 2.75) is 0 Å². The minimum absolute atomic E-state index is 0.139. The smallest absolute Gasteiger partial charge is 0.175 e. The fourth-order valence-corrected chi connectivity index (χ4v) is 2.29. The first-order chi connectivity index (χ1) is 7.15. The molecule has 0 spiro atoms. The molecule has 0 aliphatic heterocycles. The highest BCUT2D eigenvalue weighted by molar-refractivity contribution is 14.1. The van der Waals surface area contributed by atoms with E-state index in [1.165, 1.54) is 6.07 Å². The van der Waals surface area contributed by atoms with Crippen molar-refractivity contribution in [1.29, 1.82) is 5.26 Å². The molecule has 0 saturated heterocycles. The van der Waals surface area contributed by atoms with Crippen LogP contribution in [0.5, 0.6) is 0 Å². The highest BCUT2D eigenvalue weighted by Gasteiger charge is 2.16. The molecule has 0 N–H and O–H groups in total. The molecule has 0 radical (unpaired) electrons. The van der Waals surface area contributed by atoms with E-state index in [2.05, 4.69) is 15.9 Å². The van der Waals surface area contributed by atoms with Crippen LogP contribution in [0.25, 0.3) is 0 Å². The molecular weight excluding hydrogens is 373 g/mol. The average Bonchev–Trinajstić information content (AvgIpc) is 2.27. The number of rotatable bonds is 3. The molecule has 0 unspecified atom stereocenters. The zero-order chi connectivity index (χ0) is 11.4. The van der Waals surface area contributed by atoms with Crippen LogP contribution >= 0.6 is 38.5 Å². The van der Waals surface area contributed by atoms with Crippen LogP contribution in [0.3, 0.4) is 0 Å². The summed E-state index contributed by atoms with van der Waals surface area (Å²) in [6, 6.07) is 4.97. The van der Waals surface area contributed by atoms with Gasteiger partial charge in [0.15, 0.2) is 12.1 Å². The SMILES string of the molecule is N#Cc1ccc(C=O)c(I)c1C(=O)CBr. The highest BCUT2D eigenvalue weighted by atomic mass is 127. The molecule has 5 heteroatoms. The number of ketones is 1. The molecule has 0 aliphatic rings. The molecule has 0 bridgehead atoms. The first-order valence-electron chi connectivity index (χ1n) is 3.92. The van der Waals surface area contributed by atoms with E-state index >= 15 is 0 Å². The Bertz CT molecular complexity index is 465. The molecule has 76 valence electrons. The topological polar surface area (TPSA) is 57.9 Å². The van der Waals surface area contributed by atoms with Gasteiger partial charge in [-0.25, -0.2) is 0 Å². The zero-order valence-electron chi connectivity index (χ0n) is 7.46. The minimum Gasteiger partial charge on any atom is -0.298 e. The van der Waals surface area contributed by atoms with Crippen LogP contribution in [0.15, 0.2) is 12.1 Å². The molecule has 1 aromatic rings. The molecule has 0 fully saturated rings. The summed E-state index contributed by atoms with van der Waals surface area (Å²) < 4.78 is 0.533. The van der Waals surface area contributed by atoms with E-state index in [1.54, 1.807) is 6.07 Å². The molecule has 0 saturated carbocycles. The maximum atomic E-state index is 11.6. The lowest BCUT2D eigenvalue weighted by atomic mass is 10.0. The number of benzene rings is 1. The summed E-state index contributed by atoms with van der Waals surface area (Å²) in [6.45, 7) is 0. The Morgan fingerprint density at radius 2 is 2.27 bits per heavy atom. The van der Waals surface area contributed by atoms with Crippen LogP contribution in [0, 0.1) is 14.9 Å². The summed E-state index contributed by atoms with van der Waals surface area (Å²) in [5, 5.41) is 8.98. The molecule has 1 aromatic carbocycles. The van der Waals surface area contributed by atoms with Gasteiger partial charge in [-0.15, -0.1) is 0 Å². The number of carbonyl (C=O) groups excluding carboxylic acids is 2. The fraction of sp³-hybridized carbons (Fsp3) is 0.100. The third-order valence-corrected chi connectivity index (χ3v) is 3.49. The molecule has 3 nitrogen and oxygen atoms in total. The number of aldehydes is 1. The van der Waals surface area contributed by atoms with E-state index in [9.17, 15) is 9.59 Å². The van der Waals surface area contributed by atoms with Crippen molar-refractivity contribution in [3.8, 4) is 6.07 Å². The van der Waals surface area contributed by atoms with E-state index in [0.717, 1.165) is 0 Å². The van der Waals surface area contributed by atoms with Crippen LogP contribution < -0.4 is 0 Å². The van der Waals surface area contributed by atoms with Gasteiger partial charge in [-0.05, 0) is 34.7 Å². The van der Waals surface area contributed by atoms with Crippen molar-refractivity contribution in [3.63, 3.8) is 0 Å². The Morgan fingerprint density at radius 3 is 2.73 bits per heavy atom. The van der Waals surface area contributed by atoms with Gasteiger partial charge >= 0.3 is 0 Å². The van der Waals surface area contributed by atoms with Gasteiger partial charge in [0.1, 0.15) is 0 Å². The summed E-state index contributed by atoms with van der Waals surface area (Å²) in [5.74, 6) is -0.195. The van der Waals surface area contributed by atoms with E-state index in [-0.39, 0.29) is 11.1 Å².